The zero-order valence-electron chi connectivity index (χ0n) is 13.6. The Balaban J connectivity index is 2.08. The van der Waals surface area contributed by atoms with Gasteiger partial charge < -0.3 is 4.42 Å². The molecule has 118 valence electrons. The number of aromatic nitrogens is 1. The van der Waals surface area contributed by atoms with E-state index in [0.717, 1.165) is 28.6 Å². The third-order valence-corrected chi connectivity index (χ3v) is 5.16. The maximum absolute atomic E-state index is 6.15. The van der Waals surface area contributed by atoms with E-state index in [9.17, 15) is 0 Å². The van der Waals surface area contributed by atoms with Gasteiger partial charge in [0.05, 0.1) is 8.07 Å². The fraction of sp³-hybridized carbons (Fsp3) is 0.211. The zero-order chi connectivity index (χ0) is 16.4. The van der Waals surface area contributed by atoms with E-state index in [4.69, 9.17) is 21.0 Å². The molecule has 0 radical (unpaired) electrons. The van der Waals surface area contributed by atoms with Crippen LogP contribution in [0.5, 0.6) is 0 Å². The third-order valence-electron chi connectivity index (χ3n) is 3.53. The lowest BCUT2D eigenvalue weighted by atomic mass is 10.1. The van der Waals surface area contributed by atoms with Crippen molar-refractivity contribution in [1.82, 2.24) is 4.98 Å². The van der Waals surface area contributed by atoms with Gasteiger partial charge in [0.2, 0.25) is 5.89 Å². The van der Waals surface area contributed by atoms with Crippen molar-refractivity contribution in [3.8, 4) is 22.7 Å². The molecule has 3 aromatic rings. The van der Waals surface area contributed by atoms with Crippen LogP contribution in [-0.2, 0) is 6.04 Å². The topological polar surface area (TPSA) is 26.0 Å². The molecule has 2 aromatic carbocycles. The second kappa shape index (κ2) is 6.34. The monoisotopic (exact) mass is 341 g/mol. The van der Waals surface area contributed by atoms with Crippen LogP contribution in [0.3, 0.4) is 0 Å². The summed E-state index contributed by atoms with van der Waals surface area (Å²) in [5.74, 6) is 1.65. The lowest BCUT2D eigenvalue weighted by Crippen LogP contribution is -2.23. The van der Waals surface area contributed by atoms with Crippen LogP contribution in [0.2, 0.25) is 24.7 Å². The highest BCUT2D eigenvalue weighted by molar-refractivity contribution is 6.75. The summed E-state index contributed by atoms with van der Waals surface area (Å²) >= 11 is 5.97. The summed E-state index contributed by atoms with van der Waals surface area (Å²) in [6.07, 6.45) is 0. The summed E-state index contributed by atoms with van der Waals surface area (Å²) in [5, 5.41) is 0.714. The number of oxazole rings is 1. The van der Waals surface area contributed by atoms with Gasteiger partial charge in [-0.15, -0.1) is 0 Å². The number of hydrogen-bond donors (Lipinski definition) is 0. The van der Waals surface area contributed by atoms with Gasteiger partial charge in [-0.25, -0.2) is 4.98 Å². The average molecular weight is 342 g/mol. The van der Waals surface area contributed by atoms with E-state index in [2.05, 4.69) is 31.8 Å². The molecule has 0 aliphatic rings. The lowest BCUT2D eigenvalue weighted by Gasteiger charge is -2.14. The van der Waals surface area contributed by atoms with Crippen LogP contribution in [0, 0.1) is 0 Å². The largest absolute Gasteiger partial charge is 0.441 e. The first-order valence-corrected chi connectivity index (χ1v) is 11.8. The standard InChI is InChI=1S/C19H20ClNOSi/c1-23(2,3)13-17-18(14-7-5-4-6-8-14)21-19(22-17)15-9-11-16(20)12-10-15/h4-12H,13H2,1-3H3. The minimum atomic E-state index is -1.31. The molecule has 0 spiro atoms. The summed E-state index contributed by atoms with van der Waals surface area (Å²) in [7, 11) is -1.31. The van der Waals surface area contributed by atoms with Crippen molar-refractivity contribution in [3.05, 3.63) is 65.4 Å². The van der Waals surface area contributed by atoms with Crippen LogP contribution in [0.4, 0.5) is 0 Å². The molecule has 0 fully saturated rings. The molecule has 23 heavy (non-hydrogen) atoms. The minimum Gasteiger partial charge on any atom is -0.441 e. The third kappa shape index (κ3) is 3.92. The van der Waals surface area contributed by atoms with Crippen LogP contribution < -0.4 is 0 Å². The molecule has 0 bridgehead atoms. The first-order chi connectivity index (χ1) is 10.9. The van der Waals surface area contributed by atoms with Gasteiger partial charge in [0.15, 0.2) is 0 Å². The van der Waals surface area contributed by atoms with Gasteiger partial charge in [-0.1, -0.05) is 61.6 Å². The summed E-state index contributed by atoms with van der Waals surface area (Å²) in [4.78, 5) is 4.78. The van der Waals surface area contributed by atoms with Gasteiger partial charge in [0, 0.05) is 22.2 Å². The van der Waals surface area contributed by atoms with Crippen molar-refractivity contribution in [1.29, 1.82) is 0 Å². The van der Waals surface area contributed by atoms with E-state index in [1.165, 1.54) is 0 Å². The van der Waals surface area contributed by atoms with Crippen molar-refractivity contribution in [2.45, 2.75) is 25.7 Å². The molecule has 3 rings (SSSR count). The first kappa shape index (κ1) is 16.0. The van der Waals surface area contributed by atoms with Crippen LogP contribution in [0.1, 0.15) is 5.76 Å². The van der Waals surface area contributed by atoms with Crippen molar-refractivity contribution < 1.29 is 4.42 Å². The Bertz CT molecular complexity index is 788. The molecule has 0 unspecified atom stereocenters. The predicted octanol–water partition coefficient (Wildman–Crippen LogP) is 6.08. The Hall–Kier alpha value is -1.84. The van der Waals surface area contributed by atoms with E-state index >= 15 is 0 Å². The Morgan fingerprint density at radius 2 is 1.57 bits per heavy atom. The van der Waals surface area contributed by atoms with E-state index in [1.54, 1.807) is 0 Å². The van der Waals surface area contributed by atoms with Crippen LogP contribution >= 0.6 is 11.6 Å². The highest BCUT2D eigenvalue weighted by atomic mass is 35.5. The van der Waals surface area contributed by atoms with E-state index < -0.39 is 8.07 Å². The van der Waals surface area contributed by atoms with Gasteiger partial charge in [-0.3, -0.25) is 0 Å². The molecule has 1 heterocycles. The SMILES string of the molecule is C[Si](C)(C)Cc1oc(-c2ccc(Cl)cc2)nc1-c1ccccc1. The number of halogens is 1. The molecule has 0 N–H and O–H groups in total. The van der Waals surface area contributed by atoms with Crippen molar-refractivity contribution in [2.24, 2.45) is 0 Å². The van der Waals surface area contributed by atoms with E-state index in [0.29, 0.717) is 10.9 Å². The van der Waals surface area contributed by atoms with Crippen molar-refractivity contribution >= 4 is 19.7 Å². The first-order valence-electron chi connectivity index (χ1n) is 7.73. The van der Waals surface area contributed by atoms with Crippen molar-refractivity contribution in [3.63, 3.8) is 0 Å². The Morgan fingerprint density at radius 1 is 0.913 bits per heavy atom. The quantitative estimate of drug-likeness (QED) is 0.537. The van der Waals surface area contributed by atoms with Gasteiger partial charge >= 0.3 is 0 Å². The molecule has 0 aliphatic heterocycles. The average Bonchev–Trinajstić information content (AvgIpc) is 2.90. The molecule has 0 atom stereocenters. The zero-order valence-corrected chi connectivity index (χ0v) is 15.4. The van der Waals surface area contributed by atoms with Gasteiger partial charge in [-0.2, -0.15) is 0 Å². The minimum absolute atomic E-state index is 0.661. The van der Waals surface area contributed by atoms with Gasteiger partial charge in [-0.05, 0) is 24.3 Å². The van der Waals surface area contributed by atoms with Crippen LogP contribution in [-0.4, -0.2) is 13.1 Å². The summed E-state index contributed by atoms with van der Waals surface area (Å²) < 4.78 is 6.15. The highest BCUT2D eigenvalue weighted by Gasteiger charge is 2.22. The molecule has 0 amide bonds. The number of benzene rings is 2. The normalized spacial score (nSPS) is 11.7. The molecule has 0 saturated carbocycles. The molecule has 2 nitrogen and oxygen atoms in total. The molecular weight excluding hydrogens is 322 g/mol. The highest BCUT2D eigenvalue weighted by Crippen LogP contribution is 2.31. The number of nitrogens with zero attached hydrogens (tertiary/aromatic N) is 1. The number of hydrogen-bond acceptors (Lipinski definition) is 2. The summed E-state index contributed by atoms with van der Waals surface area (Å²) in [6.45, 7) is 7.02. The molecule has 1 aromatic heterocycles. The Morgan fingerprint density at radius 3 is 2.17 bits per heavy atom. The van der Waals surface area contributed by atoms with E-state index in [1.807, 2.05) is 42.5 Å². The van der Waals surface area contributed by atoms with Crippen molar-refractivity contribution in [2.75, 3.05) is 0 Å². The number of rotatable bonds is 4. The van der Waals surface area contributed by atoms with Gasteiger partial charge in [0.25, 0.3) is 0 Å². The second-order valence-corrected chi connectivity index (χ2v) is 12.8. The summed E-state index contributed by atoms with van der Waals surface area (Å²) in [6, 6.07) is 18.8. The van der Waals surface area contributed by atoms with Crippen LogP contribution in [0.25, 0.3) is 22.7 Å². The predicted molar refractivity (Wildman–Crippen MR) is 99.4 cm³/mol. The van der Waals surface area contributed by atoms with E-state index in [-0.39, 0.29) is 0 Å². The van der Waals surface area contributed by atoms with Gasteiger partial charge in [0.1, 0.15) is 11.5 Å². The fourth-order valence-corrected chi connectivity index (χ4v) is 3.82. The fourth-order valence-electron chi connectivity index (χ4n) is 2.49. The Kier molecular flexibility index (Phi) is 4.42. The second-order valence-electron chi connectivity index (χ2n) is 6.90. The molecule has 0 saturated heterocycles. The molecule has 4 heteroatoms. The molecular formula is C19H20ClNOSi. The smallest absolute Gasteiger partial charge is 0.226 e. The molecule has 0 aliphatic carbocycles. The van der Waals surface area contributed by atoms with Crippen LogP contribution in [0.15, 0.2) is 59.0 Å². The lowest BCUT2D eigenvalue weighted by molar-refractivity contribution is 0.536. The Labute approximate surface area is 143 Å². The maximum Gasteiger partial charge on any atom is 0.226 e. The summed E-state index contributed by atoms with van der Waals surface area (Å²) in [5.41, 5.74) is 3.01. The maximum atomic E-state index is 6.15.